The molecule has 3 rings (SSSR count). The molecule has 4 nitrogen and oxygen atoms in total. The summed E-state index contributed by atoms with van der Waals surface area (Å²) in [6.45, 7) is 3.95. The van der Waals surface area contributed by atoms with Crippen LogP contribution in [-0.4, -0.2) is 25.2 Å². The van der Waals surface area contributed by atoms with Gasteiger partial charge in [0.1, 0.15) is 0 Å². The molecule has 0 unspecified atom stereocenters. The summed E-state index contributed by atoms with van der Waals surface area (Å²) in [5.41, 5.74) is 2.28. The van der Waals surface area contributed by atoms with Gasteiger partial charge in [-0.15, -0.1) is 0 Å². The van der Waals surface area contributed by atoms with Gasteiger partial charge in [-0.2, -0.15) is 0 Å². The second kappa shape index (κ2) is 8.87. The van der Waals surface area contributed by atoms with Crippen molar-refractivity contribution in [3.63, 3.8) is 0 Å². The normalized spacial score (nSPS) is 15.1. The first kappa shape index (κ1) is 19.9. The van der Waals surface area contributed by atoms with Gasteiger partial charge in [0, 0.05) is 0 Å². The summed E-state index contributed by atoms with van der Waals surface area (Å²) in [5.74, 6) is -1.02. The highest BCUT2D eigenvalue weighted by atomic mass is 16.6. The fraction of sp³-hybridized carbons (Fsp3) is 0.333. The Morgan fingerprint density at radius 2 is 1.29 bits per heavy atom. The van der Waals surface area contributed by atoms with Crippen LogP contribution in [0.5, 0.6) is 0 Å². The van der Waals surface area contributed by atoms with E-state index in [1.54, 1.807) is 13.8 Å². The van der Waals surface area contributed by atoms with Crippen LogP contribution in [0.4, 0.5) is 0 Å². The van der Waals surface area contributed by atoms with Gasteiger partial charge in [-0.3, -0.25) is 9.59 Å². The molecule has 1 aliphatic carbocycles. The monoisotopic (exact) mass is 378 g/mol. The molecule has 0 radical (unpaired) electrons. The third-order valence-electron chi connectivity index (χ3n) is 5.17. The fourth-order valence-electron chi connectivity index (χ4n) is 4.00. The molecule has 28 heavy (non-hydrogen) atoms. The highest BCUT2D eigenvalue weighted by molar-refractivity contribution is 6.07. The van der Waals surface area contributed by atoms with Gasteiger partial charge in [0.05, 0.1) is 13.2 Å². The molecule has 2 aromatic rings. The van der Waals surface area contributed by atoms with E-state index < -0.39 is 17.4 Å². The lowest BCUT2D eigenvalue weighted by molar-refractivity contribution is -0.168. The van der Waals surface area contributed by atoms with Crippen LogP contribution in [0.2, 0.25) is 0 Å². The predicted octanol–water partition coefficient (Wildman–Crippen LogP) is 4.79. The summed E-state index contributed by atoms with van der Waals surface area (Å²) >= 11 is 0. The number of esters is 2. The van der Waals surface area contributed by atoms with E-state index >= 15 is 0 Å². The van der Waals surface area contributed by atoms with Crippen molar-refractivity contribution in [2.45, 2.75) is 33.1 Å². The number of ether oxygens (including phenoxy) is 2. The van der Waals surface area contributed by atoms with Gasteiger partial charge in [-0.05, 0) is 55.4 Å². The average molecular weight is 378 g/mol. The molecule has 0 bridgehead atoms. The Balaban J connectivity index is 2.29. The minimum absolute atomic E-state index is 0.222. The number of carbonyl (C=O) groups is 2. The van der Waals surface area contributed by atoms with Gasteiger partial charge in [-0.25, -0.2) is 0 Å². The lowest BCUT2D eigenvalue weighted by Gasteiger charge is -2.28. The van der Waals surface area contributed by atoms with Gasteiger partial charge >= 0.3 is 11.9 Å². The highest BCUT2D eigenvalue weighted by Gasteiger charge is 2.55. The van der Waals surface area contributed by atoms with Crippen LogP contribution in [0.1, 0.15) is 44.2 Å². The molecule has 0 aliphatic heterocycles. The maximum absolute atomic E-state index is 13.1. The topological polar surface area (TPSA) is 52.6 Å². The van der Waals surface area contributed by atoms with Crippen molar-refractivity contribution >= 4 is 17.5 Å². The summed E-state index contributed by atoms with van der Waals surface area (Å²) < 4.78 is 10.7. The van der Waals surface area contributed by atoms with Crippen molar-refractivity contribution in [2.75, 3.05) is 13.2 Å². The Morgan fingerprint density at radius 1 is 0.821 bits per heavy atom. The molecule has 146 valence electrons. The first-order valence-electron chi connectivity index (χ1n) is 9.84. The molecule has 4 heteroatoms. The molecule has 2 aromatic carbocycles. The summed E-state index contributed by atoms with van der Waals surface area (Å²) in [5, 5.41) is 0. The first-order valence-corrected chi connectivity index (χ1v) is 9.84. The standard InChI is InChI=1S/C24H26O4/c1-3-27-22(25)24(23(26)28-4-2)17-11-16-20(24)21(18-12-7-5-8-13-18)19-14-9-6-10-15-19/h5-10,12-15H,3-4,11,16-17H2,1-2H3. The zero-order valence-electron chi connectivity index (χ0n) is 16.4. The van der Waals surface area contributed by atoms with Gasteiger partial charge in [0.2, 0.25) is 0 Å². The van der Waals surface area contributed by atoms with E-state index in [0.29, 0.717) is 12.8 Å². The van der Waals surface area contributed by atoms with Crippen LogP contribution in [0.25, 0.3) is 5.57 Å². The summed E-state index contributed by atoms with van der Waals surface area (Å²) in [6.07, 6.45) is 1.79. The molecular weight excluding hydrogens is 352 g/mol. The van der Waals surface area contributed by atoms with Crippen LogP contribution in [0.15, 0.2) is 66.2 Å². The number of hydrogen-bond donors (Lipinski definition) is 0. The Morgan fingerprint density at radius 3 is 1.71 bits per heavy atom. The molecule has 1 aliphatic rings. The van der Waals surface area contributed by atoms with E-state index in [0.717, 1.165) is 28.7 Å². The number of rotatable bonds is 6. The predicted molar refractivity (Wildman–Crippen MR) is 108 cm³/mol. The SMILES string of the molecule is CCOC(=O)C1(C(=O)OCC)CCCC1=C(c1ccccc1)c1ccccc1. The third kappa shape index (κ3) is 3.59. The van der Waals surface area contributed by atoms with Crippen molar-refractivity contribution in [3.05, 3.63) is 77.4 Å². The molecule has 0 aromatic heterocycles. The Bertz CT molecular complexity index is 793. The Kier molecular flexibility index (Phi) is 6.30. The second-order valence-corrected chi connectivity index (χ2v) is 6.79. The number of hydrogen-bond acceptors (Lipinski definition) is 4. The van der Waals surface area contributed by atoms with Crippen molar-refractivity contribution in [1.82, 2.24) is 0 Å². The number of benzene rings is 2. The second-order valence-electron chi connectivity index (χ2n) is 6.79. The van der Waals surface area contributed by atoms with E-state index in [4.69, 9.17) is 9.47 Å². The minimum Gasteiger partial charge on any atom is -0.465 e. The quantitative estimate of drug-likeness (QED) is 0.536. The maximum atomic E-state index is 13.1. The maximum Gasteiger partial charge on any atom is 0.327 e. The van der Waals surface area contributed by atoms with Gasteiger partial charge in [0.25, 0.3) is 0 Å². The average Bonchev–Trinajstić information content (AvgIpc) is 3.16. The third-order valence-corrected chi connectivity index (χ3v) is 5.17. The molecule has 0 saturated heterocycles. The Hall–Kier alpha value is -2.88. The molecule has 0 amide bonds. The van der Waals surface area contributed by atoms with Crippen LogP contribution in [-0.2, 0) is 19.1 Å². The fourth-order valence-corrected chi connectivity index (χ4v) is 4.00. The first-order chi connectivity index (χ1) is 13.6. The van der Waals surface area contributed by atoms with E-state index in [1.165, 1.54) is 0 Å². The highest BCUT2D eigenvalue weighted by Crippen LogP contribution is 2.50. The van der Waals surface area contributed by atoms with Crippen molar-refractivity contribution in [3.8, 4) is 0 Å². The molecule has 0 atom stereocenters. The van der Waals surface area contributed by atoms with Crippen molar-refractivity contribution in [1.29, 1.82) is 0 Å². The molecule has 0 heterocycles. The van der Waals surface area contributed by atoms with Crippen molar-refractivity contribution in [2.24, 2.45) is 5.41 Å². The number of carbonyl (C=O) groups excluding carboxylic acids is 2. The zero-order valence-corrected chi connectivity index (χ0v) is 16.4. The lowest BCUT2D eigenvalue weighted by atomic mass is 9.77. The van der Waals surface area contributed by atoms with Crippen molar-refractivity contribution < 1.29 is 19.1 Å². The summed E-state index contributed by atoms with van der Waals surface area (Å²) in [7, 11) is 0. The van der Waals surface area contributed by atoms with E-state index in [1.807, 2.05) is 60.7 Å². The van der Waals surface area contributed by atoms with E-state index in [2.05, 4.69) is 0 Å². The molecule has 1 fully saturated rings. The summed E-state index contributed by atoms with van der Waals surface area (Å²) in [6, 6.07) is 19.8. The lowest BCUT2D eigenvalue weighted by Crippen LogP contribution is -2.41. The largest absolute Gasteiger partial charge is 0.465 e. The molecule has 0 N–H and O–H groups in total. The van der Waals surface area contributed by atoms with Crippen LogP contribution in [0, 0.1) is 5.41 Å². The summed E-state index contributed by atoms with van der Waals surface area (Å²) in [4.78, 5) is 26.2. The molecule has 0 spiro atoms. The van der Waals surface area contributed by atoms with Crippen LogP contribution in [0.3, 0.4) is 0 Å². The van der Waals surface area contributed by atoms with Crippen LogP contribution < -0.4 is 0 Å². The molecular formula is C24H26O4. The molecule has 1 saturated carbocycles. The smallest absolute Gasteiger partial charge is 0.327 e. The van der Waals surface area contributed by atoms with Gasteiger partial charge in [0.15, 0.2) is 5.41 Å². The Labute approximate surface area is 166 Å². The minimum atomic E-state index is -1.38. The van der Waals surface area contributed by atoms with E-state index in [-0.39, 0.29) is 13.2 Å². The zero-order chi connectivity index (χ0) is 20.0. The van der Waals surface area contributed by atoms with Crippen LogP contribution >= 0.6 is 0 Å². The van der Waals surface area contributed by atoms with Gasteiger partial charge < -0.3 is 9.47 Å². The van der Waals surface area contributed by atoms with E-state index in [9.17, 15) is 9.59 Å². The van der Waals surface area contributed by atoms with Gasteiger partial charge in [-0.1, -0.05) is 60.7 Å².